The topological polar surface area (TPSA) is 294 Å². The van der Waals surface area contributed by atoms with Gasteiger partial charge in [0.1, 0.15) is 12.3 Å². The molecule has 0 radical (unpaired) electrons. The summed E-state index contributed by atoms with van der Waals surface area (Å²) in [5.74, 6) is -0.446. The Bertz CT molecular complexity index is 2030. The highest BCUT2D eigenvalue weighted by Gasteiger charge is 2.23. The van der Waals surface area contributed by atoms with Crippen LogP contribution in [0.1, 0.15) is 420 Å². The molecule has 23 heteroatoms. The van der Waals surface area contributed by atoms with E-state index >= 15 is 0 Å². The summed E-state index contributed by atoms with van der Waals surface area (Å²) in [5.41, 5.74) is 0. The Hall–Kier alpha value is -1.81. The maximum atomic E-state index is 13.3. The summed E-state index contributed by atoms with van der Waals surface area (Å²) >= 11 is 0. The monoisotopic (exact) mass is 1570 g/mol. The standard InChI is InChI=1S/C84H170N4O17P2/c1-7-13-19-25-29-33-36-39-42-48-54-60-80(89)87-76(72-98-68-64-78(58-52-46-23-17-11-5)104-82(91)62-56-50-44-38-32-28-22-16-10-4)74-102-106(94,95)100-70-66-85-84(93)86-67-71-101-107(96,97)103-75-77(88-81(90)61-55-49-43-40-37-34-30-26-20-14-8-2)73-99-69-65-79(59-53-47-24-18-12-6)105-83(92)63-57-51-45-41-35-31-27-21-15-9-3/h76-80,82,87,89,91H,7-75H2,1-6H3,(H,88,90)(H,94,95)(H,96,97)(H2,85,86,93)/p-2. The molecule has 0 saturated heterocycles. The summed E-state index contributed by atoms with van der Waals surface area (Å²) in [6.45, 7) is 11.4. The van der Waals surface area contributed by atoms with Crippen LogP contribution in [0.4, 0.5) is 4.79 Å². The lowest BCUT2D eigenvalue weighted by Crippen LogP contribution is -2.44. The fourth-order valence-electron chi connectivity index (χ4n) is 13.3. The molecule has 0 aliphatic carbocycles. The number of aliphatic hydroxyl groups excluding tert-OH is 2. The van der Waals surface area contributed by atoms with Gasteiger partial charge in [0.05, 0.1) is 64.4 Å². The molecular formula is C84H168N4O17P2-2. The minimum atomic E-state index is -4.95. The van der Waals surface area contributed by atoms with Crippen LogP contribution >= 0.6 is 15.6 Å². The second-order valence-electron chi connectivity index (χ2n) is 30.6. The number of hydrogen-bond acceptors (Lipinski definition) is 18. The van der Waals surface area contributed by atoms with Gasteiger partial charge in [-0.15, -0.1) is 0 Å². The molecule has 0 aromatic rings. The van der Waals surface area contributed by atoms with Crippen LogP contribution in [-0.2, 0) is 55.8 Å². The van der Waals surface area contributed by atoms with Crippen LogP contribution in [0.3, 0.4) is 0 Å². The highest BCUT2D eigenvalue weighted by atomic mass is 31.2. The Morgan fingerprint density at radius 3 is 1.07 bits per heavy atom. The van der Waals surface area contributed by atoms with E-state index in [2.05, 4.69) is 62.8 Å². The van der Waals surface area contributed by atoms with Crippen LogP contribution in [0.5, 0.6) is 0 Å². The number of carbonyl (C=O) groups is 3. The number of nitrogens with one attached hydrogen (secondary N) is 4. The molecule has 107 heavy (non-hydrogen) atoms. The van der Waals surface area contributed by atoms with Gasteiger partial charge in [0, 0.05) is 39.0 Å². The van der Waals surface area contributed by atoms with Gasteiger partial charge in [-0.2, -0.15) is 0 Å². The Morgan fingerprint density at radius 2 is 0.664 bits per heavy atom. The minimum absolute atomic E-state index is 0.0214. The smallest absolute Gasteiger partial charge is 0.314 e. The molecule has 8 atom stereocenters. The fourth-order valence-corrected chi connectivity index (χ4v) is 14.8. The number of aliphatic hydroxyl groups is 2. The quantitative estimate of drug-likeness (QED) is 0.0143. The van der Waals surface area contributed by atoms with Crippen LogP contribution in [0.25, 0.3) is 0 Å². The summed E-state index contributed by atoms with van der Waals surface area (Å²) in [7, 11) is -9.87. The summed E-state index contributed by atoms with van der Waals surface area (Å²) in [5, 5.41) is 33.0. The predicted molar refractivity (Wildman–Crippen MR) is 434 cm³/mol. The molecule has 0 spiro atoms. The van der Waals surface area contributed by atoms with Gasteiger partial charge in [0.2, 0.25) is 5.91 Å². The number of esters is 1. The summed E-state index contributed by atoms with van der Waals surface area (Å²) in [4.78, 5) is 65.2. The molecule has 0 saturated carbocycles. The Labute approximate surface area is 655 Å². The van der Waals surface area contributed by atoms with E-state index < -0.39 is 72.7 Å². The molecule has 3 amide bonds. The number of rotatable bonds is 87. The molecule has 0 aromatic heterocycles. The van der Waals surface area contributed by atoms with E-state index in [0.29, 0.717) is 38.5 Å². The van der Waals surface area contributed by atoms with E-state index in [1.165, 1.54) is 180 Å². The van der Waals surface area contributed by atoms with Gasteiger partial charge in [-0.05, 0) is 64.2 Å². The van der Waals surface area contributed by atoms with Gasteiger partial charge in [-0.25, -0.2) is 4.79 Å². The molecule has 0 aliphatic rings. The number of amides is 3. The number of carbonyl (C=O) groups excluding carboxylic acids is 3. The zero-order chi connectivity index (χ0) is 78.5. The van der Waals surface area contributed by atoms with Crippen molar-refractivity contribution in [3.8, 4) is 0 Å². The first kappa shape index (κ1) is 105. The van der Waals surface area contributed by atoms with Crippen LogP contribution < -0.4 is 31.1 Å². The Balaban J connectivity index is 5.56. The summed E-state index contributed by atoms with van der Waals surface area (Å²) in [6, 6.07) is -2.31. The average Bonchev–Trinajstić information content (AvgIpc) is 0.920. The number of phosphoric ester groups is 2. The van der Waals surface area contributed by atoms with Crippen molar-refractivity contribution in [1.82, 2.24) is 21.3 Å². The number of unbranched alkanes of at least 4 members (excludes halogenated alkanes) is 45. The Kier molecular flexibility index (Phi) is 78.1. The average molecular weight is 1570 g/mol. The molecule has 21 nitrogen and oxygen atoms in total. The van der Waals surface area contributed by atoms with Crippen LogP contribution in [0.15, 0.2) is 0 Å². The molecular weight excluding hydrogens is 1400 g/mol. The maximum Gasteiger partial charge on any atom is 0.314 e. The first-order valence-electron chi connectivity index (χ1n) is 44.7. The van der Waals surface area contributed by atoms with Crippen LogP contribution in [0.2, 0.25) is 0 Å². The minimum Gasteiger partial charge on any atom is -0.756 e. The highest BCUT2D eigenvalue weighted by molar-refractivity contribution is 7.46. The second kappa shape index (κ2) is 79.4. The van der Waals surface area contributed by atoms with Crippen molar-refractivity contribution >= 4 is 33.6 Å². The zero-order valence-corrected chi connectivity index (χ0v) is 71.5. The first-order chi connectivity index (χ1) is 52.0. The van der Waals surface area contributed by atoms with Gasteiger partial charge < -0.3 is 73.0 Å². The normalized spacial score (nSPS) is 14.6. The number of phosphoric acid groups is 2. The van der Waals surface area contributed by atoms with E-state index in [1.807, 2.05) is 0 Å². The molecule has 0 aliphatic heterocycles. The van der Waals surface area contributed by atoms with E-state index in [1.54, 1.807) is 0 Å². The molecule has 638 valence electrons. The van der Waals surface area contributed by atoms with Crippen molar-refractivity contribution in [3.63, 3.8) is 0 Å². The van der Waals surface area contributed by atoms with Crippen molar-refractivity contribution in [3.05, 3.63) is 0 Å². The third-order valence-corrected chi connectivity index (χ3v) is 22.0. The lowest BCUT2D eigenvalue weighted by Gasteiger charge is -2.28. The molecule has 6 N–H and O–H groups in total. The van der Waals surface area contributed by atoms with Gasteiger partial charge in [0.15, 0.2) is 6.29 Å². The number of hydrogen-bond donors (Lipinski definition) is 6. The van der Waals surface area contributed by atoms with Gasteiger partial charge in [-0.1, -0.05) is 337 Å². The molecule has 0 fully saturated rings. The molecule has 0 heterocycles. The number of urea groups is 1. The van der Waals surface area contributed by atoms with Crippen molar-refractivity contribution in [2.45, 2.75) is 457 Å². The van der Waals surface area contributed by atoms with Gasteiger partial charge in [-0.3, -0.25) is 24.0 Å². The number of ether oxygens (including phenoxy) is 4. The first-order valence-corrected chi connectivity index (χ1v) is 47.6. The summed E-state index contributed by atoms with van der Waals surface area (Å²) in [6.07, 6.45) is 60.7. The van der Waals surface area contributed by atoms with Crippen LogP contribution in [0, 0.1) is 0 Å². The lowest BCUT2D eigenvalue weighted by atomic mass is 10.0. The molecule has 8 unspecified atom stereocenters. The highest BCUT2D eigenvalue weighted by Crippen LogP contribution is 2.39. The van der Waals surface area contributed by atoms with Crippen molar-refractivity contribution in [1.29, 1.82) is 0 Å². The summed E-state index contributed by atoms with van der Waals surface area (Å²) < 4.78 is 71.4. The third-order valence-electron chi connectivity index (χ3n) is 20.0. The maximum absolute atomic E-state index is 13.3. The largest absolute Gasteiger partial charge is 0.756 e. The third kappa shape index (κ3) is 76.6. The van der Waals surface area contributed by atoms with Crippen LogP contribution in [-0.4, -0.2) is 131 Å². The van der Waals surface area contributed by atoms with E-state index in [-0.39, 0.29) is 70.0 Å². The van der Waals surface area contributed by atoms with E-state index in [0.717, 1.165) is 154 Å². The van der Waals surface area contributed by atoms with Crippen molar-refractivity contribution in [2.75, 3.05) is 65.9 Å². The fraction of sp³-hybridized carbons (Fsp3) is 0.964. The molecule has 0 aromatic carbocycles. The zero-order valence-electron chi connectivity index (χ0n) is 69.7. The Morgan fingerprint density at radius 1 is 0.346 bits per heavy atom. The van der Waals surface area contributed by atoms with Crippen molar-refractivity contribution in [2.24, 2.45) is 0 Å². The molecule has 0 bridgehead atoms. The van der Waals surface area contributed by atoms with E-state index in [9.17, 15) is 43.5 Å². The van der Waals surface area contributed by atoms with Gasteiger partial charge in [0.25, 0.3) is 15.6 Å². The van der Waals surface area contributed by atoms with Gasteiger partial charge >= 0.3 is 12.0 Å². The SMILES string of the molecule is CCCCCCCCCCCCCC(=O)NC(COCCC(CCCCCCC)OC(=O)CCCCCCCCCCCC)COP(=O)([O-])OCCNC(=O)NCCOP(=O)([O-])OCC(COCCC(CCCCCCC)OC(O)CCCCCCCCCCC)NC(O)CCCCCCCCCCCCC. The second-order valence-corrected chi connectivity index (χ2v) is 33.4. The predicted octanol–water partition coefficient (Wildman–Crippen LogP) is 20.8. The molecule has 0 rings (SSSR count). The van der Waals surface area contributed by atoms with Crippen molar-refractivity contribution < 1.29 is 80.6 Å². The van der Waals surface area contributed by atoms with E-state index in [4.69, 9.17) is 37.0 Å². The lowest BCUT2D eigenvalue weighted by molar-refractivity contribution is -0.227.